The van der Waals surface area contributed by atoms with E-state index in [4.69, 9.17) is 0 Å². The molecule has 0 saturated heterocycles. The molecule has 1 radical (unpaired) electrons. The van der Waals surface area contributed by atoms with Gasteiger partial charge in [-0.2, -0.15) is 13.2 Å². The quantitative estimate of drug-likeness (QED) is 0.558. The lowest BCUT2D eigenvalue weighted by atomic mass is 10.4. The molecule has 1 aliphatic rings. The molecular formula is C6H5F3NS. The number of thioether (sulfide) groups is 1. The van der Waals surface area contributed by atoms with Crippen molar-refractivity contribution in [2.75, 3.05) is 0 Å². The van der Waals surface area contributed by atoms with Gasteiger partial charge in [0.2, 0.25) is 0 Å². The van der Waals surface area contributed by atoms with E-state index in [1.54, 1.807) is 0 Å². The van der Waals surface area contributed by atoms with Crippen molar-refractivity contribution < 1.29 is 13.2 Å². The highest BCUT2D eigenvalue weighted by molar-refractivity contribution is 8.05. The molecule has 11 heavy (non-hydrogen) atoms. The van der Waals surface area contributed by atoms with E-state index in [1.165, 1.54) is 18.5 Å². The van der Waals surface area contributed by atoms with Crippen LogP contribution in [-0.4, -0.2) is 6.18 Å². The van der Waals surface area contributed by atoms with Gasteiger partial charge in [0.15, 0.2) is 0 Å². The van der Waals surface area contributed by atoms with Crippen LogP contribution >= 0.6 is 11.8 Å². The Labute approximate surface area is 66.3 Å². The second-order valence-corrected chi connectivity index (χ2v) is 2.86. The van der Waals surface area contributed by atoms with Crippen molar-refractivity contribution in [2.24, 2.45) is 0 Å². The van der Waals surface area contributed by atoms with E-state index >= 15 is 0 Å². The molecule has 0 fully saturated rings. The van der Waals surface area contributed by atoms with Gasteiger partial charge in [0.25, 0.3) is 0 Å². The third kappa shape index (κ3) is 1.92. The van der Waals surface area contributed by atoms with Gasteiger partial charge in [-0.15, -0.1) is 0 Å². The molecule has 0 aromatic heterocycles. The Bertz CT molecular complexity index is 216. The molecule has 0 spiro atoms. The Hall–Kier alpha value is -0.580. The molecule has 61 valence electrons. The highest BCUT2D eigenvalue weighted by atomic mass is 32.2. The van der Waals surface area contributed by atoms with Gasteiger partial charge in [-0.05, 0) is 12.3 Å². The van der Waals surface area contributed by atoms with Crippen molar-refractivity contribution in [1.29, 1.82) is 0 Å². The average Bonchev–Trinajstić information content (AvgIpc) is 1.86. The summed E-state index contributed by atoms with van der Waals surface area (Å²) in [6.45, 7) is 1.35. The highest BCUT2D eigenvalue weighted by Crippen LogP contribution is 2.38. The molecule has 1 aliphatic heterocycles. The van der Waals surface area contributed by atoms with E-state index in [2.05, 4.69) is 5.32 Å². The van der Waals surface area contributed by atoms with Crippen LogP contribution in [0.25, 0.3) is 0 Å². The lowest BCUT2D eigenvalue weighted by Crippen LogP contribution is -2.14. The van der Waals surface area contributed by atoms with Gasteiger partial charge in [0, 0.05) is 6.20 Å². The van der Waals surface area contributed by atoms with Gasteiger partial charge in [0.05, 0.1) is 5.70 Å². The van der Waals surface area contributed by atoms with Gasteiger partial charge in [-0.1, -0.05) is 11.8 Å². The summed E-state index contributed by atoms with van der Waals surface area (Å²) in [4.78, 5) is -0.625. The first kappa shape index (κ1) is 8.52. The first-order valence-electron chi connectivity index (χ1n) is 2.82. The fourth-order valence-corrected chi connectivity index (χ4v) is 1.27. The predicted octanol–water partition coefficient (Wildman–Crippen LogP) is 2.60. The molecule has 0 aromatic rings. The molecule has 1 rings (SSSR count). The molecule has 0 saturated carbocycles. The molecule has 0 N–H and O–H groups in total. The van der Waals surface area contributed by atoms with Crippen molar-refractivity contribution >= 4 is 11.8 Å². The first-order chi connectivity index (χ1) is 5.02. The van der Waals surface area contributed by atoms with Gasteiger partial charge in [-0.25, -0.2) is 0 Å². The van der Waals surface area contributed by atoms with E-state index in [1.807, 2.05) is 0 Å². The Morgan fingerprint density at radius 1 is 1.45 bits per heavy atom. The number of nitrogens with zero attached hydrogens (tertiary/aromatic N) is 1. The summed E-state index contributed by atoms with van der Waals surface area (Å²) in [5.41, 5.74) is 0.0324. The van der Waals surface area contributed by atoms with Crippen LogP contribution in [0, 0.1) is 0 Å². The highest BCUT2D eigenvalue weighted by Gasteiger charge is 2.36. The van der Waals surface area contributed by atoms with E-state index in [9.17, 15) is 13.2 Å². The van der Waals surface area contributed by atoms with Gasteiger partial charge in [-0.3, -0.25) is 5.32 Å². The number of alkyl halides is 3. The number of allylic oxidation sites excluding steroid dienone is 2. The van der Waals surface area contributed by atoms with Crippen molar-refractivity contribution in [3.63, 3.8) is 0 Å². The number of hydrogen-bond donors (Lipinski definition) is 0. The van der Waals surface area contributed by atoms with Crippen LogP contribution in [0.2, 0.25) is 0 Å². The zero-order chi connectivity index (χ0) is 8.48. The SMILES string of the molecule is CC1=C(C(F)(F)F)SC=C[N]1. The average molecular weight is 180 g/mol. The predicted molar refractivity (Wildman–Crippen MR) is 37.6 cm³/mol. The summed E-state index contributed by atoms with van der Waals surface area (Å²) >= 11 is 0.659. The summed E-state index contributed by atoms with van der Waals surface area (Å²) in [6, 6.07) is 0. The van der Waals surface area contributed by atoms with E-state index < -0.39 is 11.1 Å². The van der Waals surface area contributed by atoms with Crippen LogP contribution < -0.4 is 5.32 Å². The minimum atomic E-state index is -4.26. The summed E-state index contributed by atoms with van der Waals surface area (Å²) in [5.74, 6) is 0. The van der Waals surface area contributed by atoms with Gasteiger partial charge in [0.1, 0.15) is 4.91 Å². The van der Waals surface area contributed by atoms with Crippen molar-refractivity contribution in [2.45, 2.75) is 13.1 Å². The van der Waals surface area contributed by atoms with Crippen molar-refractivity contribution in [3.8, 4) is 0 Å². The summed E-state index contributed by atoms with van der Waals surface area (Å²) in [5, 5.41) is 4.85. The second kappa shape index (κ2) is 2.81. The fraction of sp³-hybridized carbons (Fsp3) is 0.333. The van der Waals surface area contributed by atoms with Crippen LogP contribution in [-0.2, 0) is 0 Å². The Morgan fingerprint density at radius 2 is 2.09 bits per heavy atom. The van der Waals surface area contributed by atoms with Crippen LogP contribution in [0.1, 0.15) is 6.92 Å². The lowest BCUT2D eigenvalue weighted by Gasteiger charge is -2.14. The first-order valence-corrected chi connectivity index (χ1v) is 3.70. The van der Waals surface area contributed by atoms with Crippen LogP contribution in [0.5, 0.6) is 0 Å². The smallest absolute Gasteiger partial charge is 0.260 e. The van der Waals surface area contributed by atoms with Crippen molar-refractivity contribution in [1.82, 2.24) is 5.32 Å². The van der Waals surface area contributed by atoms with Crippen molar-refractivity contribution in [3.05, 3.63) is 22.2 Å². The molecule has 0 unspecified atom stereocenters. The normalized spacial score (nSPS) is 18.5. The van der Waals surface area contributed by atoms with Crippen LogP contribution in [0.3, 0.4) is 0 Å². The van der Waals surface area contributed by atoms with Gasteiger partial charge < -0.3 is 0 Å². The number of halogens is 3. The maximum absolute atomic E-state index is 12.0. The van der Waals surface area contributed by atoms with Crippen LogP contribution in [0.15, 0.2) is 22.2 Å². The molecule has 1 heterocycles. The zero-order valence-electron chi connectivity index (χ0n) is 5.64. The fourth-order valence-electron chi connectivity index (χ4n) is 0.657. The zero-order valence-corrected chi connectivity index (χ0v) is 6.46. The second-order valence-electron chi connectivity index (χ2n) is 1.94. The minimum absolute atomic E-state index is 0.0324. The van der Waals surface area contributed by atoms with E-state index in [0.717, 1.165) is 0 Å². The summed E-state index contributed by atoms with van der Waals surface area (Å²) < 4.78 is 36.1. The van der Waals surface area contributed by atoms with Gasteiger partial charge >= 0.3 is 6.18 Å². The molecule has 5 heteroatoms. The number of hydrogen-bond acceptors (Lipinski definition) is 1. The monoisotopic (exact) mass is 180 g/mol. The Balaban J connectivity index is 2.85. The lowest BCUT2D eigenvalue weighted by molar-refractivity contribution is -0.0845. The molecule has 1 nitrogen and oxygen atoms in total. The Kier molecular flexibility index (Phi) is 2.17. The third-order valence-corrected chi connectivity index (χ3v) is 2.12. The summed E-state index contributed by atoms with van der Waals surface area (Å²) in [6.07, 6.45) is -2.90. The molecule has 0 atom stereocenters. The molecule has 0 aliphatic carbocycles. The molecule has 0 bridgehead atoms. The molecular weight excluding hydrogens is 175 g/mol. The molecule has 0 aromatic carbocycles. The number of rotatable bonds is 0. The largest absolute Gasteiger partial charge is 0.424 e. The third-order valence-electron chi connectivity index (χ3n) is 1.10. The standard InChI is InChI=1S/C6H5F3NS/c1-4-5(6(7,8)9)11-3-2-10-4/h2-3H,1H3. The Morgan fingerprint density at radius 3 is 2.45 bits per heavy atom. The van der Waals surface area contributed by atoms with E-state index in [-0.39, 0.29) is 5.70 Å². The van der Waals surface area contributed by atoms with E-state index in [0.29, 0.717) is 11.8 Å². The maximum Gasteiger partial charge on any atom is 0.424 e. The minimum Gasteiger partial charge on any atom is -0.260 e. The molecule has 0 amide bonds. The maximum atomic E-state index is 12.0. The summed E-state index contributed by atoms with van der Waals surface area (Å²) in [7, 11) is 0. The topological polar surface area (TPSA) is 14.1 Å². The van der Waals surface area contributed by atoms with Crippen LogP contribution in [0.4, 0.5) is 13.2 Å².